The topological polar surface area (TPSA) is 55.1 Å². The third-order valence-electron chi connectivity index (χ3n) is 4.02. The van der Waals surface area contributed by atoms with Crippen molar-refractivity contribution in [2.24, 2.45) is 5.41 Å². The molecule has 0 spiro atoms. The minimum Gasteiger partial charge on any atom is -0.481 e. The van der Waals surface area contributed by atoms with Gasteiger partial charge < -0.3 is 9.67 Å². The summed E-state index contributed by atoms with van der Waals surface area (Å²) in [5, 5.41) is 9.12. The van der Waals surface area contributed by atoms with Gasteiger partial charge in [0.25, 0.3) is 0 Å². The molecular weight excluding hydrogens is 252 g/mol. The van der Waals surface area contributed by atoms with E-state index in [-0.39, 0.29) is 0 Å². The molecule has 0 bridgehead atoms. The van der Waals surface area contributed by atoms with Crippen molar-refractivity contribution in [2.75, 3.05) is 0 Å². The molecule has 1 aromatic carbocycles. The van der Waals surface area contributed by atoms with Crippen molar-refractivity contribution < 1.29 is 9.90 Å². The normalized spacial score (nSPS) is 12.0. The molecule has 1 heterocycles. The first-order valence-electron chi connectivity index (χ1n) is 6.97. The lowest BCUT2D eigenvalue weighted by Crippen LogP contribution is -2.23. The van der Waals surface area contributed by atoms with Gasteiger partial charge >= 0.3 is 5.97 Å². The number of nitrogens with zero attached hydrogens (tertiary/aromatic N) is 2. The Morgan fingerprint density at radius 1 is 1.30 bits per heavy atom. The van der Waals surface area contributed by atoms with E-state index in [4.69, 9.17) is 5.11 Å². The van der Waals surface area contributed by atoms with Crippen LogP contribution in [0.3, 0.4) is 0 Å². The van der Waals surface area contributed by atoms with Gasteiger partial charge in [0.15, 0.2) is 0 Å². The number of imidazole rings is 1. The number of fused-ring (bicyclic) bond motifs is 1. The van der Waals surface area contributed by atoms with Crippen molar-refractivity contribution in [3.63, 3.8) is 0 Å². The highest BCUT2D eigenvalue weighted by Crippen LogP contribution is 2.24. The fourth-order valence-electron chi connectivity index (χ4n) is 2.29. The molecule has 0 radical (unpaired) electrons. The number of carboxylic acid groups (broad SMARTS) is 1. The van der Waals surface area contributed by atoms with Crippen molar-refractivity contribution in [1.29, 1.82) is 0 Å². The molecule has 0 unspecified atom stereocenters. The SMILES string of the molecule is Cc1cc2ncn(CCCC(C)(C)C(=O)O)c2cc1C. The van der Waals surface area contributed by atoms with E-state index in [9.17, 15) is 4.79 Å². The molecular formula is C16H22N2O2. The highest BCUT2D eigenvalue weighted by Gasteiger charge is 2.26. The number of rotatable bonds is 5. The van der Waals surface area contributed by atoms with E-state index in [1.54, 1.807) is 13.8 Å². The number of aryl methyl sites for hydroxylation is 3. The van der Waals surface area contributed by atoms with Crippen LogP contribution in [0.4, 0.5) is 0 Å². The molecule has 2 aromatic rings. The number of aliphatic carboxylic acids is 1. The molecule has 0 fully saturated rings. The van der Waals surface area contributed by atoms with Crippen LogP contribution in [0, 0.1) is 19.3 Å². The van der Waals surface area contributed by atoms with Crippen LogP contribution in [0.25, 0.3) is 11.0 Å². The van der Waals surface area contributed by atoms with Crippen LogP contribution in [-0.2, 0) is 11.3 Å². The van der Waals surface area contributed by atoms with Crippen molar-refractivity contribution >= 4 is 17.0 Å². The maximum absolute atomic E-state index is 11.1. The number of benzene rings is 1. The highest BCUT2D eigenvalue weighted by molar-refractivity contribution is 5.77. The molecule has 0 amide bonds. The van der Waals surface area contributed by atoms with Gasteiger partial charge in [-0.25, -0.2) is 4.98 Å². The molecule has 0 aliphatic rings. The summed E-state index contributed by atoms with van der Waals surface area (Å²) in [6.45, 7) is 8.53. The largest absolute Gasteiger partial charge is 0.481 e. The zero-order valence-electron chi connectivity index (χ0n) is 12.6. The summed E-state index contributed by atoms with van der Waals surface area (Å²) in [7, 11) is 0. The number of carbonyl (C=O) groups is 1. The van der Waals surface area contributed by atoms with Gasteiger partial charge in [0, 0.05) is 6.54 Å². The first-order chi connectivity index (χ1) is 9.31. The van der Waals surface area contributed by atoms with Gasteiger partial charge in [-0.2, -0.15) is 0 Å². The maximum Gasteiger partial charge on any atom is 0.309 e. The number of hydrogen-bond acceptors (Lipinski definition) is 2. The van der Waals surface area contributed by atoms with Crippen molar-refractivity contribution in [3.05, 3.63) is 29.6 Å². The van der Waals surface area contributed by atoms with Crippen LogP contribution >= 0.6 is 0 Å². The summed E-state index contributed by atoms with van der Waals surface area (Å²) in [6.07, 6.45) is 3.34. The second kappa shape index (κ2) is 5.27. The molecule has 0 saturated heterocycles. The fourth-order valence-corrected chi connectivity index (χ4v) is 2.29. The molecule has 0 aliphatic heterocycles. The van der Waals surface area contributed by atoms with E-state index in [0.717, 1.165) is 24.0 Å². The molecule has 2 rings (SSSR count). The van der Waals surface area contributed by atoms with Gasteiger partial charge in [-0.3, -0.25) is 4.79 Å². The lowest BCUT2D eigenvalue weighted by molar-refractivity contribution is -0.147. The quantitative estimate of drug-likeness (QED) is 0.907. The zero-order valence-corrected chi connectivity index (χ0v) is 12.6. The molecule has 0 atom stereocenters. The van der Waals surface area contributed by atoms with Crippen LogP contribution < -0.4 is 0 Å². The number of aromatic nitrogens is 2. The minimum absolute atomic E-state index is 0.660. The summed E-state index contributed by atoms with van der Waals surface area (Å²) in [6, 6.07) is 4.25. The fraction of sp³-hybridized carbons (Fsp3) is 0.500. The summed E-state index contributed by atoms with van der Waals surface area (Å²) in [4.78, 5) is 15.5. The standard InChI is InChI=1S/C16H22N2O2/c1-11-8-13-14(9-12(11)2)18(10-17-13)7-5-6-16(3,4)15(19)20/h8-10H,5-7H2,1-4H3,(H,19,20). The van der Waals surface area contributed by atoms with Crippen LogP contribution in [0.15, 0.2) is 18.5 Å². The van der Waals surface area contributed by atoms with Gasteiger partial charge in [-0.1, -0.05) is 0 Å². The molecule has 0 saturated carbocycles. The van der Waals surface area contributed by atoms with E-state index in [1.165, 1.54) is 11.1 Å². The predicted octanol–water partition coefficient (Wildman–Crippen LogP) is 3.54. The van der Waals surface area contributed by atoms with Crippen molar-refractivity contribution in [2.45, 2.75) is 47.1 Å². The van der Waals surface area contributed by atoms with E-state index in [1.807, 2.05) is 6.33 Å². The van der Waals surface area contributed by atoms with Gasteiger partial charge in [-0.05, 0) is 63.8 Å². The number of carboxylic acids is 1. The van der Waals surface area contributed by atoms with Crippen LogP contribution in [0.2, 0.25) is 0 Å². The van der Waals surface area contributed by atoms with E-state index in [0.29, 0.717) is 6.42 Å². The Balaban J connectivity index is 2.11. The minimum atomic E-state index is -0.737. The van der Waals surface area contributed by atoms with Gasteiger partial charge in [0.05, 0.1) is 22.8 Å². The lowest BCUT2D eigenvalue weighted by atomic mass is 9.88. The molecule has 4 heteroatoms. The Kier molecular flexibility index (Phi) is 3.84. The van der Waals surface area contributed by atoms with E-state index >= 15 is 0 Å². The second-order valence-electron chi connectivity index (χ2n) is 6.16. The Morgan fingerprint density at radius 3 is 2.60 bits per heavy atom. The molecule has 1 aromatic heterocycles. The summed E-state index contributed by atoms with van der Waals surface area (Å²) < 4.78 is 2.11. The van der Waals surface area contributed by atoms with Gasteiger partial charge in [0.2, 0.25) is 0 Å². The average molecular weight is 274 g/mol. The molecule has 1 N–H and O–H groups in total. The zero-order chi connectivity index (χ0) is 14.9. The Bertz CT molecular complexity index is 641. The Labute approximate surface area is 119 Å². The second-order valence-corrected chi connectivity index (χ2v) is 6.16. The smallest absolute Gasteiger partial charge is 0.309 e. The first-order valence-corrected chi connectivity index (χ1v) is 6.97. The van der Waals surface area contributed by atoms with Gasteiger partial charge in [-0.15, -0.1) is 0 Å². The third kappa shape index (κ3) is 2.84. The van der Waals surface area contributed by atoms with Crippen molar-refractivity contribution in [3.8, 4) is 0 Å². The monoisotopic (exact) mass is 274 g/mol. The summed E-state index contributed by atoms with van der Waals surface area (Å²) >= 11 is 0. The van der Waals surface area contributed by atoms with E-state index in [2.05, 4.69) is 35.5 Å². The lowest BCUT2D eigenvalue weighted by Gasteiger charge is -2.18. The third-order valence-corrected chi connectivity index (χ3v) is 4.02. The molecule has 0 aliphatic carbocycles. The Morgan fingerprint density at radius 2 is 1.95 bits per heavy atom. The predicted molar refractivity (Wildman–Crippen MR) is 79.9 cm³/mol. The van der Waals surface area contributed by atoms with Crippen LogP contribution in [-0.4, -0.2) is 20.6 Å². The maximum atomic E-state index is 11.1. The summed E-state index contributed by atoms with van der Waals surface area (Å²) in [5.41, 5.74) is 3.97. The number of hydrogen-bond donors (Lipinski definition) is 1. The van der Waals surface area contributed by atoms with E-state index < -0.39 is 11.4 Å². The van der Waals surface area contributed by atoms with Crippen LogP contribution in [0.5, 0.6) is 0 Å². The molecule has 108 valence electrons. The van der Waals surface area contributed by atoms with Crippen molar-refractivity contribution in [1.82, 2.24) is 9.55 Å². The summed E-state index contributed by atoms with van der Waals surface area (Å²) in [5.74, 6) is -0.737. The molecule has 4 nitrogen and oxygen atoms in total. The van der Waals surface area contributed by atoms with Crippen LogP contribution in [0.1, 0.15) is 37.8 Å². The van der Waals surface area contributed by atoms with Gasteiger partial charge in [0.1, 0.15) is 0 Å². The highest BCUT2D eigenvalue weighted by atomic mass is 16.4. The first kappa shape index (κ1) is 14.6. The molecule has 20 heavy (non-hydrogen) atoms. The Hall–Kier alpha value is -1.84. The average Bonchev–Trinajstić information content (AvgIpc) is 2.72.